The summed E-state index contributed by atoms with van der Waals surface area (Å²) < 4.78 is 17.4. The van der Waals surface area contributed by atoms with Gasteiger partial charge in [0.25, 0.3) is 0 Å². The number of nitrogens with zero attached hydrogens (tertiary/aromatic N) is 2. The number of benzene rings is 1. The van der Waals surface area contributed by atoms with Gasteiger partial charge in [-0.25, -0.2) is 4.99 Å². The Morgan fingerprint density at radius 2 is 1.97 bits per heavy atom. The molecule has 3 atom stereocenters. The van der Waals surface area contributed by atoms with Gasteiger partial charge in [0.1, 0.15) is 12.3 Å². The van der Waals surface area contributed by atoms with Crippen LogP contribution in [0.15, 0.2) is 29.3 Å². The normalized spacial score (nSPS) is 19.7. The number of likely N-dealkylation sites (N-methyl/N-ethyl adjacent to an activating group) is 1. The Morgan fingerprint density at radius 1 is 1.26 bits per heavy atom. The molecule has 0 aliphatic heterocycles. The fourth-order valence-corrected chi connectivity index (χ4v) is 4.85. The van der Waals surface area contributed by atoms with Crippen molar-refractivity contribution in [2.75, 3.05) is 40.0 Å². The number of methoxy groups -OCH3 is 1. The Hall–Kier alpha value is -1.36. The van der Waals surface area contributed by atoms with Crippen molar-refractivity contribution in [3.63, 3.8) is 0 Å². The third-order valence-electron chi connectivity index (χ3n) is 5.36. The molecule has 1 aromatic carbocycles. The quantitative estimate of drug-likeness (QED) is 0.274. The minimum atomic E-state index is -0.771. The van der Waals surface area contributed by atoms with Crippen LogP contribution in [0, 0.1) is 0 Å². The molecule has 0 radical (unpaired) electrons. The third kappa shape index (κ3) is 9.76. The Labute approximate surface area is 206 Å². The van der Waals surface area contributed by atoms with Gasteiger partial charge in [0.05, 0.1) is 7.11 Å². The first-order valence-corrected chi connectivity index (χ1v) is 12.1. The van der Waals surface area contributed by atoms with Crippen LogP contribution in [-0.2, 0) is 22.0 Å². The number of aliphatic imine (C=N–C) groups is 1. The van der Waals surface area contributed by atoms with Gasteiger partial charge in [0, 0.05) is 48.5 Å². The molecule has 2 rings (SSSR count). The SMILES string of the molecule is CCS(=O)C1CCCC(NC(=NCC(=O)N(C)C)NCCc2ccc(OC)cc2)C1.I. The van der Waals surface area contributed by atoms with Crippen molar-refractivity contribution in [1.29, 1.82) is 0 Å². The smallest absolute Gasteiger partial charge is 0.243 e. The summed E-state index contributed by atoms with van der Waals surface area (Å²) in [5.41, 5.74) is 1.20. The first-order chi connectivity index (χ1) is 14.4. The maximum absolute atomic E-state index is 12.2. The zero-order valence-corrected chi connectivity index (χ0v) is 22.2. The topological polar surface area (TPSA) is 83.0 Å². The highest BCUT2D eigenvalue weighted by atomic mass is 127. The van der Waals surface area contributed by atoms with Gasteiger partial charge in [-0.1, -0.05) is 25.5 Å². The highest BCUT2D eigenvalue weighted by molar-refractivity contribution is 14.0. The lowest BCUT2D eigenvalue weighted by atomic mass is 9.95. The van der Waals surface area contributed by atoms with Crippen molar-refractivity contribution in [3.05, 3.63) is 29.8 Å². The number of nitrogens with one attached hydrogen (secondary N) is 2. The lowest BCUT2D eigenvalue weighted by Crippen LogP contribution is -2.47. The minimum absolute atomic E-state index is 0. The van der Waals surface area contributed by atoms with E-state index >= 15 is 0 Å². The zero-order chi connectivity index (χ0) is 21.9. The molecule has 1 aromatic rings. The summed E-state index contributed by atoms with van der Waals surface area (Å²) in [4.78, 5) is 18.0. The van der Waals surface area contributed by atoms with Gasteiger partial charge >= 0.3 is 0 Å². The van der Waals surface area contributed by atoms with Gasteiger partial charge in [-0.2, -0.15) is 0 Å². The first kappa shape index (κ1) is 27.7. The van der Waals surface area contributed by atoms with Crippen LogP contribution >= 0.6 is 24.0 Å². The number of carbonyl (C=O) groups excluding carboxylic acids is 1. The largest absolute Gasteiger partial charge is 0.497 e. The molecule has 176 valence electrons. The molecule has 1 saturated carbocycles. The van der Waals surface area contributed by atoms with Gasteiger partial charge in [-0.05, 0) is 43.4 Å². The third-order valence-corrected chi connectivity index (χ3v) is 7.10. The van der Waals surface area contributed by atoms with Crippen molar-refractivity contribution in [2.24, 2.45) is 4.99 Å². The van der Waals surface area contributed by atoms with E-state index in [-0.39, 0.29) is 47.7 Å². The van der Waals surface area contributed by atoms with Gasteiger partial charge in [-0.15, -0.1) is 24.0 Å². The molecule has 1 fully saturated rings. The number of hydrogen-bond donors (Lipinski definition) is 2. The molecule has 3 unspecified atom stereocenters. The van der Waals surface area contributed by atoms with Gasteiger partial charge in [0.2, 0.25) is 5.91 Å². The molecule has 1 aliphatic carbocycles. The van der Waals surface area contributed by atoms with Crippen LogP contribution in [0.3, 0.4) is 0 Å². The van der Waals surface area contributed by atoms with Gasteiger partial charge in [-0.3, -0.25) is 9.00 Å². The van der Waals surface area contributed by atoms with Crippen molar-refractivity contribution >= 4 is 46.6 Å². The number of hydrogen-bond acceptors (Lipinski definition) is 4. The summed E-state index contributed by atoms with van der Waals surface area (Å²) in [6, 6.07) is 8.22. The van der Waals surface area contributed by atoms with Crippen molar-refractivity contribution in [1.82, 2.24) is 15.5 Å². The van der Waals surface area contributed by atoms with Crippen LogP contribution in [0.2, 0.25) is 0 Å². The van der Waals surface area contributed by atoms with Crippen LogP contribution < -0.4 is 15.4 Å². The average Bonchev–Trinajstić information content (AvgIpc) is 2.77. The second-order valence-corrected chi connectivity index (χ2v) is 9.78. The monoisotopic (exact) mass is 564 g/mol. The Kier molecular flexibility index (Phi) is 13.1. The number of ether oxygens (including phenoxy) is 1. The summed E-state index contributed by atoms with van der Waals surface area (Å²) in [6.45, 7) is 2.78. The van der Waals surface area contributed by atoms with Crippen LogP contribution in [0.5, 0.6) is 5.75 Å². The van der Waals surface area contributed by atoms with Crippen molar-refractivity contribution in [2.45, 2.75) is 50.3 Å². The molecule has 31 heavy (non-hydrogen) atoms. The van der Waals surface area contributed by atoms with Crippen LogP contribution in [-0.4, -0.2) is 72.3 Å². The summed E-state index contributed by atoms with van der Waals surface area (Å²) in [7, 11) is 4.35. The molecule has 2 N–H and O–H groups in total. The second kappa shape index (κ2) is 14.7. The molecule has 9 heteroatoms. The highest BCUT2D eigenvalue weighted by Crippen LogP contribution is 2.23. The molecular weight excluding hydrogens is 527 g/mol. The molecule has 0 heterocycles. The van der Waals surface area contributed by atoms with Crippen LogP contribution in [0.1, 0.15) is 38.2 Å². The van der Waals surface area contributed by atoms with E-state index in [1.165, 1.54) is 5.56 Å². The van der Waals surface area contributed by atoms with E-state index in [0.717, 1.165) is 37.9 Å². The molecule has 0 saturated heterocycles. The first-order valence-electron chi connectivity index (χ1n) is 10.7. The number of guanidine groups is 1. The van der Waals surface area contributed by atoms with Crippen LogP contribution in [0.4, 0.5) is 0 Å². The molecule has 1 amide bonds. The van der Waals surface area contributed by atoms with E-state index in [2.05, 4.69) is 15.6 Å². The van der Waals surface area contributed by atoms with E-state index in [1.807, 2.05) is 31.2 Å². The number of amides is 1. The van der Waals surface area contributed by atoms with E-state index in [0.29, 0.717) is 18.3 Å². The second-order valence-electron chi connectivity index (χ2n) is 7.78. The van der Waals surface area contributed by atoms with Crippen molar-refractivity contribution in [3.8, 4) is 5.75 Å². The summed E-state index contributed by atoms with van der Waals surface area (Å²) in [5, 5.41) is 7.08. The Morgan fingerprint density at radius 3 is 2.58 bits per heavy atom. The predicted octanol–water partition coefficient (Wildman–Crippen LogP) is 2.56. The number of carbonyl (C=O) groups is 1. The van der Waals surface area contributed by atoms with E-state index in [4.69, 9.17) is 4.74 Å². The lowest BCUT2D eigenvalue weighted by molar-refractivity contribution is -0.127. The van der Waals surface area contributed by atoms with Crippen molar-refractivity contribution < 1.29 is 13.7 Å². The standard InChI is InChI=1S/C22H36N4O3S.HI/c1-5-30(28)20-8-6-7-18(15-20)25-22(24-16-21(27)26(2)3)23-14-13-17-9-11-19(29-4)12-10-17;/h9-12,18,20H,5-8,13-16H2,1-4H3,(H2,23,24,25);1H. The fourth-order valence-electron chi connectivity index (χ4n) is 3.50. The maximum Gasteiger partial charge on any atom is 0.243 e. The lowest BCUT2D eigenvalue weighted by Gasteiger charge is -2.30. The van der Waals surface area contributed by atoms with E-state index in [9.17, 15) is 9.00 Å². The van der Waals surface area contributed by atoms with Gasteiger partial charge in [0.15, 0.2) is 5.96 Å². The van der Waals surface area contributed by atoms with E-state index < -0.39 is 10.8 Å². The fraction of sp³-hybridized carbons (Fsp3) is 0.636. The highest BCUT2D eigenvalue weighted by Gasteiger charge is 2.26. The number of rotatable bonds is 9. The average molecular weight is 565 g/mol. The molecular formula is C22H37IN4O3S. The zero-order valence-electron chi connectivity index (χ0n) is 19.1. The summed E-state index contributed by atoms with van der Waals surface area (Å²) >= 11 is 0. The molecule has 0 spiro atoms. The van der Waals surface area contributed by atoms with Crippen LogP contribution in [0.25, 0.3) is 0 Å². The predicted molar refractivity (Wildman–Crippen MR) is 139 cm³/mol. The molecule has 0 aromatic heterocycles. The Bertz CT molecular complexity index is 728. The molecule has 1 aliphatic rings. The summed E-state index contributed by atoms with van der Waals surface area (Å²) in [5.74, 6) is 2.15. The van der Waals surface area contributed by atoms with Gasteiger partial charge < -0.3 is 20.3 Å². The van der Waals surface area contributed by atoms with E-state index in [1.54, 1.807) is 26.1 Å². The Balaban J connectivity index is 0.00000480. The molecule has 0 bridgehead atoms. The molecule has 7 nitrogen and oxygen atoms in total. The number of halogens is 1. The summed E-state index contributed by atoms with van der Waals surface area (Å²) in [6.07, 6.45) is 4.82. The minimum Gasteiger partial charge on any atom is -0.497 e. The maximum atomic E-state index is 12.2.